The average Bonchev–Trinajstić information content (AvgIpc) is 3.09. The Labute approximate surface area is 138 Å². The number of rotatable bonds is 5. The molecular formula is C18H16N4O2. The number of hydrogen-bond donors (Lipinski definition) is 2. The number of hydrogen-bond acceptors (Lipinski definition) is 4. The number of imidazole rings is 1. The van der Waals surface area contributed by atoms with E-state index in [4.69, 9.17) is 4.74 Å². The van der Waals surface area contributed by atoms with E-state index in [9.17, 15) is 4.79 Å². The average molecular weight is 320 g/mol. The summed E-state index contributed by atoms with van der Waals surface area (Å²) in [5, 5.41) is 3.91. The number of carbonyl (C=O) groups is 1. The zero-order valence-corrected chi connectivity index (χ0v) is 13.1. The highest BCUT2D eigenvalue weighted by molar-refractivity contribution is 5.97. The van der Waals surface area contributed by atoms with Crippen molar-refractivity contribution in [3.05, 3.63) is 66.0 Å². The molecule has 0 saturated heterocycles. The lowest BCUT2D eigenvalue weighted by molar-refractivity contribution is 0.0955. The van der Waals surface area contributed by atoms with Crippen molar-refractivity contribution in [2.24, 2.45) is 5.10 Å². The molecular weight excluding hydrogens is 304 g/mol. The Bertz CT molecular complexity index is 912. The molecule has 0 fully saturated rings. The largest absolute Gasteiger partial charge is 0.496 e. The van der Waals surface area contributed by atoms with Crippen molar-refractivity contribution in [1.82, 2.24) is 15.4 Å². The Hall–Kier alpha value is -3.41. The Morgan fingerprint density at radius 1 is 1.29 bits per heavy atom. The van der Waals surface area contributed by atoms with Crippen LogP contribution in [0, 0.1) is 0 Å². The van der Waals surface area contributed by atoms with Gasteiger partial charge in [0, 0.05) is 17.3 Å². The number of ether oxygens (including phenoxy) is 1. The second kappa shape index (κ2) is 7.23. The molecule has 2 aromatic carbocycles. The van der Waals surface area contributed by atoms with E-state index in [1.807, 2.05) is 30.3 Å². The SMILES string of the molecule is COc1ccccc1C=CC=NNC(=O)c1ccc2nc[nH]c2c1. The van der Waals surface area contributed by atoms with Crippen LogP contribution in [0.5, 0.6) is 5.75 Å². The number of aromatic nitrogens is 2. The van der Waals surface area contributed by atoms with E-state index in [-0.39, 0.29) is 5.91 Å². The minimum absolute atomic E-state index is 0.284. The molecule has 0 aliphatic heterocycles. The standard InChI is InChI=1S/C18H16N4O2/c1-24-17-7-3-2-5-13(17)6-4-10-21-22-18(23)14-8-9-15-16(11-14)20-12-19-15/h2-12H,1H3,(H,19,20)(H,22,23). The van der Waals surface area contributed by atoms with Gasteiger partial charge in [0.15, 0.2) is 0 Å². The number of fused-ring (bicyclic) bond motifs is 1. The van der Waals surface area contributed by atoms with E-state index in [2.05, 4.69) is 20.5 Å². The van der Waals surface area contributed by atoms with E-state index < -0.39 is 0 Å². The molecule has 6 nitrogen and oxygen atoms in total. The van der Waals surface area contributed by atoms with Gasteiger partial charge >= 0.3 is 0 Å². The molecule has 120 valence electrons. The normalized spacial score (nSPS) is 11.4. The lowest BCUT2D eigenvalue weighted by Crippen LogP contribution is -2.17. The quantitative estimate of drug-likeness (QED) is 0.560. The zero-order chi connectivity index (χ0) is 16.8. The number of nitrogens with one attached hydrogen (secondary N) is 2. The summed E-state index contributed by atoms with van der Waals surface area (Å²) in [5.74, 6) is 0.493. The van der Waals surface area contributed by atoms with Crippen LogP contribution >= 0.6 is 0 Å². The Balaban J connectivity index is 1.61. The van der Waals surface area contributed by atoms with Crippen molar-refractivity contribution in [2.75, 3.05) is 7.11 Å². The Morgan fingerprint density at radius 2 is 2.17 bits per heavy atom. The monoisotopic (exact) mass is 320 g/mol. The van der Waals surface area contributed by atoms with Crippen LogP contribution in [-0.2, 0) is 0 Å². The van der Waals surface area contributed by atoms with Gasteiger partial charge in [-0.3, -0.25) is 4.79 Å². The van der Waals surface area contributed by atoms with E-state index >= 15 is 0 Å². The van der Waals surface area contributed by atoms with Gasteiger partial charge in [-0.05, 0) is 36.4 Å². The van der Waals surface area contributed by atoms with Crippen LogP contribution in [0.3, 0.4) is 0 Å². The zero-order valence-electron chi connectivity index (χ0n) is 13.1. The molecule has 0 aliphatic carbocycles. The third kappa shape index (κ3) is 3.49. The molecule has 2 N–H and O–H groups in total. The van der Waals surface area contributed by atoms with Crippen LogP contribution in [0.4, 0.5) is 0 Å². The smallest absolute Gasteiger partial charge is 0.271 e. The van der Waals surface area contributed by atoms with Gasteiger partial charge in [0.05, 0.1) is 24.5 Å². The number of methoxy groups -OCH3 is 1. The van der Waals surface area contributed by atoms with Gasteiger partial charge in [-0.1, -0.05) is 18.2 Å². The lowest BCUT2D eigenvalue weighted by atomic mass is 10.2. The van der Waals surface area contributed by atoms with Crippen LogP contribution in [0.2, 0.25) is 0 Å². The Morgan fingerprint density at radius 3 is 3.04 bits per heavy atom. The number of H-pyrrole nitrogens is 1. The van der Waals surface area contributed by atoms with Crippen molar-refractivity contribution in [3.63, 3.8) is 0 Å². The summed E-state index contributed by atoms with van der Waals surface area (Å²) in [6.07, 6.45) is 6.69. The van der Waals surface area contributed by atoms with Gasteiger partial charge in [0.25, 0.3) is 5.91 Å². The predicted molar refractivity (Wildman–Crippen MR) is 94.1 cm³/mol. The van der Waals surface area contributed by atoms with Crippen molar-refractivity contribution in [1.29, 1.82) is 0 Å². The molecule has 0 spiro atoms. The lowest BCUT2D eigenvalue weighted by Gasteiger charge is -2.02. The summed E-state index contributed by atoms with van der Waals surface area (Å²) in [4.78, 5) is 19.1. The third-order valence-electron chi connectivity index (χ3n) is 3.42. The molecule has 0 unspecified atom stereocenters. The summed E-state index contributed by atoms with van der Waals surface area (Å²) >= 11 is 0. The topological polar surface area (TPSA) is 79.4 Å². The van der Waals surface area contributed by atoms with Crippen molar-refractivity contribution >= 4 is 29.2 Å². The number of benzene rings is 2. The molecule has 24 heavy (non-hydrogen) atoms. The molecule has 1 amide bonds. The molecule has 0 saturated carbocycles. The molecule has 0 radical (unpaired) electrons. The highest BCUT2D eigenvalue weighted by Gasteiger charge is 2.05. The van der Waals surface area contributed by atoms with Crippen LogP contribution in [0.1, 0.15) is 15.9 Å². The highest BCUT2D eigenvalue weighted by Crippen LogP contribution is 2.18. The van der Waals surface area contributed by atoms with Crippen molar-refractivity contribution in [3.8, 4) is 5.75 Å². The number of amides is 1. The fourth-order valence-electron chi connectivity index (χ4n) is 2.23. The number of para-hydroxylation sites is 1. The summed E-state index contributed by atoms with van der Waals surface area (Å²) in [7, 11) is 1.62. The van der Waals surface area contributed by atoms with Gasteiger partial charge in [-0.2, -0.15) is 5.10 Å². The molecule has 3 aromatic rings. The van der Waals surface area contributed by atoms with Gasteiger partial charge in [0.2, 0.25) is 0 Å². The van der Waals surface area contributed by atoms with Gasteiger partial charge in [-0.25, -0.2) is 10.4 Å². The Kier molecular flexibility index (Phi) is 4.67. The molecule has 0 aliphatic rings. The van der Waals surface area contributed by atoms with Gasteiger partial charge in [-0.15, -0.1) is 0 Å². The number of aromatic amines is 1. The fourth-order valence-corrected chi connectivity index (χ4v) is 2.23. The van der Waals surface area contributed by atoms with E-state index in [0.29, 0.717) is 5.56 Å². The van der Waals surface area contributed by atoms with E-state index in [0.717, 1.165) is 22.3 Å². The van der Waals surface area contributed by atoms with Crippen LogP contribution in [0.25, 0.3) is 17.1 Å². The summed E-state index contributed by atoms with van der Waals surface area (Å²) in [6.45, 7) is 0. The summed E-state index contributed by atoms with van der Waals surface area (Å²) < 4.78 is 5.25. The number of carbonyl (C=O) groups excluding carboxylic acids is 1. The minimum atomic E-state index is -0.284. The highest BCUT2D eigenvalue weighted by atomic mass is 16.5. The maximum atomic E-state index is 12.0. The van der Waals surface area contributed by atoms with Crippen LogP contribution in [-0.4, -0.2) is 29.2 Å². The second-order valence-corrected chi connectivity index (χ2v) is 4.95. The molecule has 3 rings (SSSR count). The molecule has 6 heteroatoms. The van der Waals surface area contributed by atoms with Crippen molar-refractivity contribution in [2.45, 2.75) is 0 Å². The van der Waals surface area contributed by atoms with Crippen LogP contribution < -0.4 is 10.2 Å². The second-order valence-electron chi connectivity index (χ2n) is 4.95. The van der Waals surface area contributed by atoms with E-state index in [1.165, 1.54) is 6.21 Å². The first-order valence-electron chi connectivity index (χ1n) is 7.34. The number of hydrazone groups is 1. The molecule has 0 bridgehead atoms. The fraction of sp³-hybridized carbons (Fsp3) is 0.0556. The molecule has 1 aromatic heterocycles. The minimum Gasteiger partial charge on any atom is -0.496 e. The first-order valence-corrected chi connectivity index (χ1v) is 7.34. The van der Waals surface area contributed by atoms with Gasteiger partial charge < -0.3 is 9.72 Å². The molecule has 1 heterocycles. The van der Waals surface area contributed by atoms with Crippen LogP contribution in [0.15, 0.2) is 60.0 Å². The third-order valence-corrected chi connectivity index (χ3v) is 3.42. The van der Waals surface area contributed by atoms with E-state index in [1.54, 1.807) is 37.7 Å². The number of allylic oxidation sites excluding steroid dienone is 1. The predicted octanol–water partition coefficient (Wildman–Crippen LogP) is 3.00. The summed E-state index contributed by atoms with van der Waals surface area (Å²) in [5.41, 5.74) is 5.55. The maximum Gasteiger partial charge on any atom is 0.271 e. The molecule has 0 atom stereocenters. The number of nitrogens with zero attached hydrogens (tertiary/aromatic N) is 2. The first-order chi connectivity index (χ1) is 11.8. The van der Waals surface area contributed by atoms with Crippen molar-refractivity contribution < 1.29 is 9.53 Å². The first kappa shape index (κ1) is 15.5. The maximum absolute atomic E-state index is 12.0. The van der Waals surface area contributed by atoms with Gasteiger partial charge in [0.1, 0.15) is 5.75 Å². The summed E-state index contributed by atoms with van der Waals surface area (Å²) in [6, 6.07) is 12.9.